The number of nitrogens with zero attached hydrogens (tertiary/aromatic N) is 3. The molecule has 0 radical (unpaired) electrons. The number of urea groups is 1. The fourth-order valence-electron chi connectivity index (χ4n) is 4.81. The minimum absolute atomic E-state index is 0.182. The molecule has 2 aromatic carbocycles. The van der Waals surface area contributed by atoms with Crippen molar-refractivity contribution in [3.63, 3.8) is 0 Å². The number of para-hydroxylation sites is 1. The summed E-state index contributed by atoms with van der Waals surface area (Å²) in [6.07, 6.45) is 1.97. The maximum absolute atomic E-state index is 13.3. The fraction of sp³-hybridized carbons (Fsp3) is 0.423. The van der Waals surface area contributed by atoms with Crippen LogP contribution in [0.5, 0.6) is 0 Å². The highest BCUT2D eigenvalue weighted by molar-refractivity contribution is 7.18. The fourth-order valence-corrected chi connectivity index (χ4v) is 5.94. The number of thiazole rings is 1. The van der Waals surface area contributed by atoms with Gasteiger partial charge in [-0.25, -0.2) is 14.7 Å². The number of aromatic nitrogens is 1. The molecule has 0 bridgehead atoms. The van der Waals surface area contributed by atoms with Crippen molar-refractivity contribution in [2.75, 3.05) is 19.8 Å². The molecule has 3 aromatic rings. The van der Waals surface area contributed by atoms with Gasteiger partial charge in [0.05, 0.1) is 21.9 Å². The maximum Gasteiger partial charge on any atom is 0.326 e. The van der Waals surface area contributed by atoms with Crippen molar-refractivity contribution in [1.29, 1.82) is 0 Å². The van der Waals surface area contributed by atoms with Gasteiger partial charge in [-0.05, 0) is 48.9 Å². The highest BCUT2D eigenvalue weighted by atomic mass is 32.1. The van der Waals surface area contributed by atoms with Gasteiger partial charge in [0.1, 0.15) is 5.54 Å². The number of amides is 3. The van der Waals surface area contributed by atoms with Crippen LogP contribution in [0.15, 0.2) is 48.5 Å². The topological polar surface area (TPSA) is 65.5 Å². The number of hydrogen-bond acceptors (Lipinski definition) is 5. The van der Waals surface area contributed by atoms with E-state index in [0.29, 0.717) is 18.5 Å². The molecule has 1 unspecified atom stereocenters. The Morgan fingerprint density at radius 1 is 1.09 bits per heavy atom. The lowest BCUT2D eigenvalue weighted by Gasteiger charge is -2.33. The van der Waals surface area contributed by atoms with Crippen molar-refractivity contribution in [1.82, 2.24) is 20.1 Å². The molecule has 172 valence electrons. The molecule has 0 saturated carbocycles. The summed E-state index contributed by atoms with van der Waals surface area (Å²) < 4.78 is 1.23. The van der Waals surface area contributed by atoms with E-state index < -0.39 is 5.54 Å². The first-order valence-corrected chi connectivity index (χ1v) is 12.5. The van der Waals surface area contributed by atoms with Gasteiger partial charge >= 0.3 is 6.03 Å². The van der Waals surface area contributed by atoms with Crippen molar-refractivity contribution < 1.29 is 9.59 Å². The van der Waals surface area contributed by atoms with E-state index in [9.17, 15) is 9.59 Å². The molecule has 2 saturated heterocycles. The number of piperidine rings is 1. The first-order valence-electron chi connectivity index (χ1n) is 11.7. The lowest BCUT2D eigenvalue weighted by molar-refractivity contribution is -0.132. The third-order valence-corrected chi connectivity index (χ3v) is 8.22. The van der Waals surface area contributed by atoms with Gasteiger partial charge in [0.25, 0.3) is 5.91 Å². The van der Waals surface area contributed by atoms with Gasteiger partial charge in [-0.3, -0.25) is 9.69 Å². The Morgan fingerprint density at radius 3 is 2.45 bits per heavy atom. The molecule has 33 heavy (non-hydrogen) atoms. The van der Waals surface area contributed by atoms with Crippen LogP contribution in [-0.2, 0) is 10.3 Å². The average molecular weight is 463 g/mol. The molecule has 2 aliphatic heterocycles. The highest BCUT2D eigenvalue weighted by Crippen LogP contribution is 2.35. The van der Waals surface area contributed by atoms with Gasteiger partial charge < -0.3 is 5.32 Å². The summed E-state index contributed by atoms with van der Waals surface area (Å²) in [6.45, 7) is 8.10. The molecule has 1 N–H and O–H groups in total. The summed E-state index contributed by atoms with van der Waals surface area (Å²) in [5.74, 6) is 0.674. The molecule has 5 rings (SSSR count). The second kappa shape index (κ2) is 8.54. The number of rotatable bonds is 5. The molecule has 2 aliphatic rings. The number of fused-ring (bicyclic) bond motifs is 1. The lowest BCUT2D eigenvalue weighted by atomic mass is 9.90. The van der Waals surface area contributed by atoms with Crippen LogP contribution in [-0.4, -0.2) is 46.5 Å². The highest BCUT2D eigenvalue weighted by Gasteiger charge is 2.49. The summed E-state index contributed by atoms with van der Waals surface area (Å²) in [6, 6.07) is 16.0. The van der Waals surface area contributed by atoms with Crippen molar-refractivity contribution in [2.24, 2.45) is 0 Å². The Labute approximate surface area is 198 Å². The maximum atomic E-state index is 13.3. The summed E-state index contributed by atoms with van der Waals surface area (Å²) in [5, 5.41) is 4.13. The van der Waals surface area contributed by atoms with Crippen molar-refractivity contribution in [3.05, 3.63) is 64.7 Å². The monoisotopic (exact) mass is 462 g/mol. The van der Waals surface area contributed by atoms with Crippen LogP contribution in [0.2, 0.25) is 0 Å². The first-order chi connectivity index (χ1) is 15.8. The first kappa shape index (κ1) is 22.0. The Bertz CT molecular complexity index is 1150. The minimum Gasteiger partial charge on any atom is -0.319 e. The summed E-state index contributed by atoms with van der Waals surface area (Å²) in [5.41, 5.74) is 2.08. The predicted molar refractivity (Wildman–Crippen MR) is 131 cm³/mol. The smallest absolute Gasteiger partial charge is 0.319 e. The quantitative estimate of drug-likeness (QED) is 0.541. The lowest BCUT2D eigenvalue weighted by Crippen LogP contribution is -2.46. The van der Waals surface area contributed by atoms with E-state index in [1.165, 1.54) is 20.2 Å². The zero-order valence-corrected chi connectivity index (χ0v) is 20.2. The van der Waals surface area contributed by atoms with E-state index in [0.717, 1.165) is 37.0 Å². The van der Waals surface area contributed by atoms with Crippen LogP contribution in [0, 0.1) is 0 Å². The summed E-state index contributed by atoms with van der Waals surface area (Å²) >= 11 is 1.78. The van der Waals surface area contributed by atoms with E-state index in [4.69, 9.17) is 4.98 Å². The third kappa shape index (κ3) is 4.04. The van der Waals surface area contributed by atoms with Gasteiger partial charge in [-0.2, -0.15) is 0 Å². The van der Waals surface area contributed by atoms with E-state index in [1.807, 2.05) is 30.3 Å². The molecule has 3 amide bonds. The molecular weight excluding hydrogens is 432 g/mol. The van der Waals surface area contributed by atoms with Crippen molar-refractivity contribution >= 4 is 33.5 Å². The van der Waals surface area contributed by atoms with Crippen LogP contribution < -0.4 is 5.32 Å². The zero-order valence-electron chi connectivity index (χ0n) is 19.4. The number of likely N-dealkylation sites (tertiary alicyclic amines) is 1. The molecule has 3 heterocycles. The van der Waals surface area contributed by atoms with Crippen LogP contribution in [0.4, 0.5) is 4.79 Å². The predicted octanol–water partition coefficient (Wildman–Crippen LogP) is 5.02. The van der Waals surface area contributed by atoms with E-state index in [2.05, 4.69) is 42.3 Å². The van der Waals surface area contributed by atoms with E-state index in [-0.39, 0.29) is 11.9 Å². The summed E-state index contributed by atoms with van der Waals surface area (Å²) in [4.78, 5) is 34.5. The molecular formula is C26H30N4O2S. The molecule has 6 nitrogen and oxygen atoms in total. The van der Waals surface area contributed by atoms with Crippen LogP contribution in [0.3, 0.4) is 0 Å². The second-order valence-corrected chi connectivity index (χ2v) is 10.7. The molecule has 7 heteroatoms. The standard InChI is InChI=1S/C26H30N4O2S/c1-17(2)18-8-10-20(11-9-18)26(3)24(31)30(25(32)28-26)16-29-14-12-19(13-15-29)23-27-21-6-4-5-7-22(21)33-23/h4-11,17,19H,12-16H2,1-3H3,(H,28,32). The molecule has 2 fully saturated rings. The summed E-state index contributed by atoms with van der Waals surface area (Å²) in [7, 11) is 0. The Hall–Kier alpha value is -2.77. The van der Waals surface area contributed by atoms with Gasteiger partial charge in [-0.1, -0.05) is 50.2 Å². The SMILES string of the molecule is CC(C)c1ccc(C2(C)NC(=O)N(CN3CCC(c4nc5ccccc5s4)CC3)C2=O)cc1. The van der Waals surface area contributed by atoms with Crippen LogP contribution >= 0.6 is 11.3 Å². The normalized spacial score (nSPS) is 22.5. The van der Waals surface area contributed by atoms with Crippen molar-refractivity contribution in [3.8, 4) is 0 Å². The number of benzene rings is 2. The number of hydrogen-bond donors (Lipinski definition) is 1. The Balaban J connectivity index is 1.23. The number of carbonyl (C=O) groups excluding carboxylic acids is 2. The second-order valence-electron chi connectivity index (χ2n) is 9.62. The molecule has 1 atom stereocenters. The molecule has 1 aromatic heterocycles. The Morgan fingerprint density at radius 2 is 1.79 bits per heavy atom. The van der Waals surface area contributed by atoms with Crippen LogP contribution in [0.1, 0.15) is 61.6 Å². The zero-order chi connectivity index (χ0) is 23.2. The van der Waals surface area contributed by atoms with E-state index in [1.54, 1.807) is 18.3 Å². The largest absolute Gasteiger partial charge is 0.326 e. The molecule has 0 spiro atoms. The van der Waals surface area contributed by atoms with Gasteiger partial charge in [0.2, 0.25) is 0 Å². The van der Waals surface area contributed by atoms with Crippen molar-refractivity contribution in [2.45, 2.75) is 51.0 Å². The molecule has 0 aliphatic carbocycles. The van der Waals surface area contributed by atoms with Gasteiger partial charge in [0.15, 0.2) is 0 Å². The minimum atomic E-state index is -1.02. The van der Waals surface area contributed by atoms with E-state index >= 15 is 0 Å². The Kier molecular flexibility index (Phi) is 5.70. The third-order valence-electron chi connectivity index (χ3n) is 7.02. The number of carbonyl (C=O) groups is 2. The van der Waals surface area contributed by atoms with Crippen LogP contribution in [0.25, 0.3) is 10.2 Å². The number of nitrogens with one attached hydrogen (secondary N) is 1. The van der Waals surface area contributed by atoms with Gasteiger partial charge in [-0.15, -0.1) is 11.3 Å². The average Bonchev–Trinajstić information content (AvgIpc) is 3.35. The van der Waals surface area contributed by atoms with Gasteiger partial charge in [0, 0.05) is 19.0 Å². The number of imide groups is 1.